The molecule has 2 aliphatic heterocycles. The summed E-state index contributed by atoms with van der Waals surface area (Å²) in [5.74, 6) is -0.863. The molecule has 2 N–H and O–H groups in total. The van der Waals surface area contributed by atoms with E-state index in [1.165, 1.54) is 12.1 Å². The summed E-state index contributed by atoms with van der Waals surface area (Å²) in [5, 5.41) is 8.72. The number of likely N-dealkylation sites (tertiary alicyclic amines) is 1. The number of nitrogens with zero attached hydrogens (tertiary/aromatic N) is 6. The minimum Gasteiger partial charge on any atom is -0.326 e. The van der Waals surface area contributed by atoms with Crippen LogP contribution in [0.1, 0.15) is 29.3 Å². The highest BCUT2D eigenvalue weighted by Gasteiger charge is 2.39. The number of piperidine rings is 1. The number of rotatable bonds is 2. The molecule has 2 aliphatic rings. The van der Waals surface area contributed by atoms with E-state index in [0.29, 0.717) is 18.5 Å². The Bertz CT molecular complexity index is 1020. The molecule has 0 bridgehead atoms. The highest BCUT2D eigenvalue weighted by Crippen LogP contribution is 2.35. The number of hydrogen-bond donors (Lipinski definition) is 1. The SMILES string of the molecule is CN1C[C@H](N2Cc3nn4nccnc4c3C2)C[C@H](N)C1c1cc(F)ccc1F. The van der Waals surface area contributed by atoms with Crippen LogP contribution >= 0.6 is 0 Å². The molecular formula is C19H21F2N7. The fraction of sp³-hybridized carbons (Fsp3) is 0.421. The van der Waals surface area contributed by atoms with Crippen LogP contribution in [-0.2, 0) is 13.1 Å². The van der Waals surface area contributed by atoms with Gasteiger partial charge in [-0.3, -0.25) is 9.80 Å². The lowest BCUT2D eigenvalue weighted by Crippen LogP contribution is -2.54. The number of halogens is 2. The summed E-state index contributed by atoms with van der Waals surface area (Å²) >= 11 is 0. The van der Waals surface area contributed by atoms with E-state index in [4.69, 9.17) is 5.73 Å². The zero-order valence-electron chi connectivity index (χ0n) is 15.5. The largest absolute Gasteiger partial charge is 0.326 e. The van der Waals surface area contributed by atoms with E-state index < -0.39 is 11.6 Å². The molecule has 1 fully saturated rings. The third kappa shape index (κ3) is 2.78. The fourth-order valence-corrected chi connectivity index (χ4v) is 4.64. The molecule has 146 valence electrons. The van der Waals surface area contributed by atoms with Gasteiger partial charge in [0.1, 0.15) is 11.6 Å². The van der Waals surface area contributed by atoms with E-state index in [1.807, 2.05) is 11.9 Å². The predicted octanol–water partition coefficient (Wildman–Crippen LogP) is 1.49. The van der Waals surface area contributed by atoms with Crippen molar-refractivity contribution in [2.24, 2.45) is 5.73 Å². The molecule has 0 amide bonds. The molecule has 7 nitrogen and oxygen atoms in total. The highest BCUT2D eigenvalue weighted by atomic mass is 19.1. The number of fused-ring (bicyclic) bond motifs is 3. The molecule has 1 saturated heterocycles. The Kier molecular flexibility index (Phi) is 4.11. The summed E-state index contributed by atoms with van der Waals surface area (Å²) in [6.07, 6.45) is 3.99. The van der Waals surface area contributed by atoms with Crippen molar-refractivity contribution in [3.63, 3.8) is 0 Å². The molecule has 4 heterocycles. The van der Waals surface area contributed by atoms with E-state index in [-0.39, 0.29) is 18.1 Å². The summed E-state index contributed by atoms with van der Waals surface area (Å²) < 4.78 is 29.5. The molecule has 9 heteroatoms. The van der Waals surface area contributed by atoms with Gasteiger partial charge >= 0.3 is 0 Å². The van der Waals surface area contributed by atoms with Crippen LogP contribution in [0.5, 0.6) is 0 Å². The zero-order chi connectivity index (χ0) is 19.4. The Hall–Kier alpha value is -2.49. The Morgan fingerprint density at radius 3 is 2.86 bits per heavy atom. The maximum atomic E-state index is 14.3. The van der Waals surface area contributed by atoms with Crippen LogP contribution < -0.4 is 5.73 Å². The van der Waals surface area contributed by atoms with Gasteiger partial charge in [0.15, 0.2) is 5.65 Å². The third-order valence-corrected chi connectivity index (χ3v) is 5.89. The average Bonchev–Trinajstić information content (AvgIpc) is 3.22. The van der Waals surface area contributed by atoms with Crippen LogP contribution in [0.15, 0.2) is 30.6 Å². The minimum absolute atomic E-state index is 0.207. The number of likely N-dealkylation sites (N-methyl/N-ethyl adjacent to an activating group) is 1. The fourth-order valence-electron chi connectivity index (χ4n) is 4.64. The first kappa shape index (κ1) is 17.6. The number of nitrogens with two attached hydrogens (primary N) is 1. The van der Waals surface area contributed by atoms with Crippen molar-refractivity contribution < 1.29 is 8.78 Å². The molecule has 5 rings (SSSR count). The van der Waals surface area contributed by atoms with Gasteiger partial charge < -0.3 is 5.73 Å². The van der Waals surface area contributed by atoms with Gasteiger partial charge in [0.25, 0.3) is 0 Å². The molecule has 0 radical (unpaired) electrons. The molecule has 0 aliphatic carbocycles. The van der Waals surface area contributed by atoms with Crippen molar-refractivity contribution >= 4 is 5.65 Å². The van der Waals surface area contributed by atoms with Crippen molar-refractivity contribution in [2.45, 2.75) is 37.6 Å². The topological polar surface area (TPSA) is 75.6 Å². The zero-order valence-corrected chi connectivity index (χ0v) is 15.5. The Morgan fingerprint density at radius 2 is 2.04 bits per heavy atom. The molecule has 1 aromatic carbocycles. The Morgan fingerprint density at radius 1 is 1.18 bits per heavy atom. The maximum Gasteiger partial charge on any atom is 0.180 e. The quantitative estimate of drug-likeness (QED) is 0.720. The molecule has 0 saturated carbocycles. The van der Waals surface area contributed by atoms with E-state index in [0.717, 1.165) is 36.1 Å². The minimum atomic E-state index is -0.446. The molecule has 0 spiro atoms. The van der Waals surface area contributed by atoms with E-state index in [1.54, 1.807) is 17.0 Å². The first-order valence-corrected chi connectivity index (χ1v) is 9.34. The summed E-state index contributed by atoms with van der Waals surface area (Å²) in [5.41, 5.74) is 9.65. The highest BCUT2D eigenvalue weighted by molar-refractivity contribution is 5.50. The van der Waals surface area contributed by atoms with Crippen molar-refractivity contribution in [3.8, 4) is 0 Å². The van der Waals surface area contributed by atoms with E-state index in [2.05, 4.69) is 20.1 Å². The second-order valence-corrected chi connectivity index (χ2v) is 7.69. The van der Waals surface area contributed by atoms with Crippen molar-refractivity contribution in [3.05, 3.63) is 59.0 Å². The van der Waals surface area contributed by atoms with Gasteiger partial charge in [-0.05, 0) is 31.7 Å². The average molecular weight is 385 g/mol. The first-order chi connectivity index (χ1) is 13.5. The van der Waals surface area contributed by atoms with Gasteiger partial charge in [-0.2, -0.15) is 10.2 Å². The van der Waals surface area contributed by atoms with Gasteiger partial charge in [-0.1, -0.05) is 0 Å². The number of benzene rings is 1. The lowest BCUT2D eigenvalue weighted by molar-refractivity contribution is 0.0586. The molecular weight excluding hydrogens is 364 g/mol. The van der Waals surface area contributed by atoms with Crippen LogP contribution in [0, 0.1) is 11.6 Å². The van der Waals surface area contributed by atoms with Gasteiger partial charge in [0.2, 0.25) is 0 Å². The first-order valence-electron chi connectivity index (χ1n) is 9.34. The van der Waals surface area contributed by atoms with Gasteiger partial charge in [0.05, 0.1) is 17.9 Å². The van der Waals surface area contributed by atoms with Crippen molar-refractivity contribution in [1.82, 2.24) is 29.6 Å². The lowest BCUT2D eigenvalue weighted by atomic mass is 9.88. The van der Waals surface area contributed by atoms with E-state index >= 15 is 0 Å². The molecule has 3 atom stereocenters. The van der Waals surface area contributed by atoms with Crippen LogP contribution in [0.2, 0.25) is 0 Å². The number of aromatic nitrogens is 4. The molecule has 3 aromatic rings. The van der Waals surface area contributed by atoms with Gasteiger partial charge in [0, 0.05) is 49.0 Å². The van der Waals surface area contributed by atoms with E-state index in [9.17, 15) is 8.78 Å². The Labute approximate surface area is 160 Å². The second kappa shape index (κ2) is 6.54. The van der Waals surface area contributed by atoms with Crippen LogP contribution in [0.25, 0.3) is 5.65 Å². The number of hydrogen-bond acceptors (Lipinski definition) is 6. The van der Waals surface area contributed by atoms with Crippen LogP contribution in [-0.4, -0.2) is 55.3 Å². The maximum absolute atomic E-state index is 14.3. The third-order valence-electron chi connectivity index (χ3n) is 5.89. The van der Waals surface area contributed by atoms with Crippen LogP contribution in [0.4, 0.5) is 8.78 Å². The second-order valence-electron chi connectivity index (χ2n) is 7.69. The molecule has 1 unspecified atom stereocenters. The lowest BCUT2D eigenvalue weighted by Gasteiger charge is -2.44. The standard InChI is InChI=1S/C19H21F2N7/c1-26-8-12(7-16(22)18(26)13-6-11(20)2-3-15(13)21)27-9-14-17(10-27)25-28-19(14)23-4-5-24-28/h2-6,12,16,18H,7-10,22H2,1H3/t12-,16+,18?/m1/s1. The normalized spacial score (nSPS) is 26.1. The van der Waals surface area contributed by atoms with Crippen LogP contribution in [0.3, 0.4) is 0 Å². The Balaban J connectivity index is 1.36. The van der Waals surface area contributed by atoms with Crippen molar-refractivity contribution in [1.29, 1.82) is 0 Å². The summed E-state index contributed by atoms with van der Waals surface area (Å²) in [6, 6.07) is 3.13. The summed E-state index contributed by atoms with van der Waals surface area (Å²) in [6.45, 7) is 2.17. The van der Waals surface area contributed by atoms with Crippen molar-refractivity contribution in [2.75, 3.05) is 13.6 Å². The predicted molar refractivity (Wildman–Crippen MR) is 98.1 cm³/mol. The van der Waals surface area contributed by atoms with Gasteiger partial charge in [-0.25, -0.2) is 13.8 Å². The monoisotopic (exact) mass is 385 g/mol. The summed E-state index contributed by atoms with van der Waals surface area (Å²) in [4.78, 5) is 8.75. The smallest absolute Gasteiger partial charge is 0.180 e. The summed E-state index contributed by atoms with van der Waals surface area (Å²) in [7, 11) is 1.92. The molecule has 2 aromatic heterocycles. The molecule has 28 heavy (non-hydrogen) atoms. The van der Waals surface area contributed by atoms with Gasteiger partial charge in [-0.15, -0.1) is 4.63 Å².